The Labute approximate surface area is 161 Å². The van der Waals surface area contributed by atoms with Gasteiger partial charge in [-0.15, -0.1) is 17.9 Å². The van der Waals surface area contributed by atoms with Crippen molar-refractivity contribution in [2.75, 3.05) is 18.6 Å². The van der Waals surface area contributed by atoms with Gasteiger partial charge in [-0.2, -0.15) is 0 Å². The Morgan fingerprint density at radius 2 is 2.15 bits per heavy atom. The lowest BCUT2D eigenvalue weighted by Gasteiger charge is -2.41. The number of ether oxygens (including phenoxy) is 2. The van der Waals surface area contributed by atoms with Crippen LogP contribution >= 0.6 is 11.3 Å². The van der Waals surface area contributed by atoms with E-state index in [9.17, 15) is 4.79 Å². The lowest BCUT2D eigenvalue weighted by Crippen LogP contribution is -2.42. The number of carbonyl (C=O) groups is 1. The lowest BCUT2D eigenvalue weighted by molar-refractivity contribution is -0.0357. The zero-order valence-corrected chi connectivity index (χ0v) is 17.0. The zero-order valence-electron chi connectivity index (χ0n) is 16.2. The molecule has 0 atom stereocenters. The van der Waals surface area contributed by atoms with Gasteiger partial charge < -0.3 is 14.4 Å². The molecule has 0 spiro atoms. The Morgan fingerprint density at radius 1 is 1.42 bits per heavy atom. The van der Waals surface area contributed by atoms with Gasteiger partial charge in [-0.1, -0.05) is 26.0 Å². The van der Waals surface area contributed by atoms with E-state index in [1.54, 1.807) is 0 Å². The number of rotatable bonds is 9. The number of hydrogen-bond donors (Lipinski definition) is 0. The molecule has 0 aromatic carbocycles. The Balaban J connectivity index is 2.19. The third kappa shape index (κ3) is 4.77. The summed E-state index contributed by atoms with van der Waals surface area (Å²) in [5, 5.41) is 1.95. The first kappa shape index (κ1) is 20.7. The average Bonchev–Trinajstić information content (AvgIpc) is 3.16. The third-order valence-corrected chi connectivity index (χ3v) is 5.84. The van der Waals surface area contributed by atoms with Crippen molar-refractivity contribution in [3.63, 3.8) is 0 Å². The molecule has 144 valence electrons. The number of thiophene rings is 1. The highest BCUT2D eigenvalue weighted by Gasteiger charge is 2.36. The first-order valence-corrected chi connectivity index (χ1v) is 10.4. The van der Waals surface area contributed by atoms with Gasteiger partial charge in [-0.25, -0.2) is 4.79 Å². The fourth-order valence-corrected chi connectivity index (χ4v) is 4.26. The zero-order chi connectivity index (χ0) is 19.0. The maximum atomic E-state index is 12.1. The van der Waals surface area contributed by atoms with Gasteiger partial charge in [-0.05, 0) is 50.0 Å². The van der Waals surface area contributed by atoms with Crippen molar-refractivity contribution in [1.82, 2.24) is 0 Å². The van der Waals surface area contributed by atoms with Crippen LogP contribution < -0.4 is 4.90 Å². The summed E-state index contributed by atoms with van der Waals surface area (Å²) in [5.41, 5.74) is 0.740. The average molecular weight is 378 g/mol. The lowest BCUT2D eigenvalue weighted by atomic mass is 9.81. The fraction of sp³-hybridized carbons (Fsp3) is 0.571. The molecule has 1 fully saturated rings. The van der Waals surface area contributed by atoms with E-state index in [-0.39, 0.29) is 11.6 Å². The van der Waals surface area contributed by atoms with Gasteiger partial charge in [-0.3, -0.25) is 0 Å². The van der Waals surface area contributed by atoms with Gasteiger partial charge in [0.25, 0.3) is 0 Å². The molecular weight excluding hydrogens is 346 g/mol. The van der Waals surface area contributed by atoms with Crippen LogP contribution in [0.5, 0.6) is 0 Å². The summed E-state index contributed by atoms with van der Waals surface area (Å²) < 4.78 is 11.1. The summed E-state index contributed by atoms with van der Waals surface area (Å²) in [6.07, 6.45) is 12.1. The van der Waals surface area contributed by atoms with E-state index in [1.807, 2.05) is 17.5 Å². The van der Waals surface area contributed by atoms with Crippen molar-refractivity contribution in [3.8, 4) is 0 Å². The van der Waals surface area contributed by atoms with Crippen LogP contribution in [0.25, 0.3) is 0 Å². The van der Waals surface area contributed by atoms with Gasteiger partial charge in [0.15, 0.2) is 0 Å². The van der Waals surface area contributed by atoms with Crippen molar-refractivity contribution in [3.05, 3.63) is 41.3 Å². The number of nitrogens with zero attached hydrogens (tertiary/aromatic N) is 1. The monoisotopic (exact) mass is 377 g/mol. The van der Waals surface area contributed by atoms with Gasteiger partial charge in [0, 0.05) is 18.8 Å². The molecule has 0 unspecified atom stereocenters. The number of carbonyl (C=O) groups excluding carboxylic acids is 1. The summed E-state index contributed by atoms with van der Waals surface area (Å²) in [7, 11) is 1.43. The highest BCUT2D eigenvalue weighted by atomic mass is 32.1. The summed E-state index contributed by atoms with van der Waals surface area (Å²) in [6.45, 7) is 9.03. The number of methoxy groups -OCH3 is 1. The minimum Gasteiger partial charge on any atom is -0.465 e. The van der Waals surface area contributed by atoms with Crippen molar-refractivity contribution in [2.45, 2.75) is 64.0 Å². The molecule has 0 aliphatic heterocycles. The highest BCUT2D eigenvalue weighted by Crippen LogP contribution is 2.38. The second-order valence-electron chi connectivity index (χ2n) is 6.68. The molecule has 26 heavy (non-hydrogen) atoms. The van der Waals surface area contributed by atoms with Crippen LogP contribution in [-0.4, -0.2) is 31.3 Å². The Kier molecular flexibility index (Phi) is 7.91. The second kappa shape index (κ2) is 9.93. The molecular formula is C21H31NO3S. The standard InChI is InChI=1S/C21H31NO3S/c1-5-8-14-22(18-11-16-26-19(18)20(23)24-4)17-9-12-21(7-3,13-10-17)25-15-6-2/h7-8,11,14,16-17H,3,5-6,9-10,12-13,15H2,1-2,4H3/b14-8-. The van der Waals surface area contributed by atoms with Crippen LogP contribution in [0.15, 0.2) is 36.4 Å². The topological polar surface area (TPSA) is 38.8 Å². The molecule has 1 heterocycles. The predicted molar refractivity (Wildman–Crippen MR) is 109 cm³/mol. The van der Waals surface area contributed by atoms with Crippen LogP contribution in [0.2, 0.25) is 0 Å². The molecule has 0 amide bonds. The molecule has 1 aromatic heterocycles. The first-order valence-electron chi connectivity index (χ1n) is 9.49. The fourth-order valence-electron chi connectivity index (χ4n) is 3.45. The molecule has 2 rings (SSSR count). The van der Waals surface area contributed by atoms with E-state index < -0.39 is 0 Å². The van der Waals surface area contributed by atoms with Crippen LogP contribution in [0, 0.1) is 0 Å². The molecule has 1 aliphatic carbocycles. The number of esters is 1. The Hall–Kier alpha value is -1.59. The highest BCUT2D eigenvalue weighted by molar-refractivity contribution is 7.12. The number of allylic oxidation sites excluding steroid dienone is 1. The summed E-state index contributed by atoms with van der Waals surface area (Å²) in [5.74, 6) is -0.271. The number of anilines is 1. The van der Waals surface area contributed by atoms with E-state index in [1.165, 1.54) is 18.4 Å². The quantitative estimate of drug-likeness (QED) is 0.417. The molecule has 0 saturated heterocycles. The molecule has 4 nitrogen and oxygen atoms in total. The van der Waals surface area contributed by atoms with Crippen molar-refractivity contribution in [2.24, 2.45) is 0 Å². The van der Waals surface area contributed by atoms with Gasteiger partial charge in [0.2, 0.25) is 0 Å². The minimum atomic E-state index is -0.271. The third-order valence-electron chi connectivity index (χ3n) is 4.96. The van der Waals surface area contributed by atoms with Crippen molar-refractivity contribution in [1.29, 1.82) is 0 Å². The normalized spacial score (nSPS) is 23.1. The maximum Gasteiger partial charge on any atom is 0.350 e. The largest absolute Gasteiger partial charge is 0.465 e. The van der Waals surface area contributed by atoms with Crippen LogP contribution in [0.3, 0.4) is 0 Å². The maximum absolute atomic E-state index is 12.1. The summed E-state index contributed by atoms with van der Waals surface area (Å²) >= 11 is 1.43. The van der Waals surface area contributed by atoms with Crippen LogP contribution in [0.4, 0.5) is 5.69 Å². The molecule has 5 heteroatoms. The molecule has 0 radical (unpaired) electrons. The van der Waals surface area contributed by atoms with Crippen LogP contribution in [-0.2, 0) is 9.47 Å². The summed E-state index contributed by atoms with van der Waals surface area (Å²) in [6, 6.07) is 2.36. The predicted octanol–water partition coefficient (Wildman–Crippen LogP) is 5.56. The van der Waals surface area contributed by atoms with Gasteiger partial charge in [0.05, 0.1) is 18.4 Å². The summed E-state index contributed by atoms with van der Waals surface area (Å²) in [4.78, 5) is 15.0. The Morgan fingerprint density at radius 3 is 2.73 bits per heavy atom. The van der Waals surface area contributed by atoms with Crippen molar-refractivity contribution >= 4 is 23.0 Å². The molecule has 0 N–H and O–H groups in total. The van der Waals surface area contributed by atoms with E-state index >= 15 is 0 Å². The SMILES string of the molecule is C=CC1(OCCC)CCC(N(/C=C\CC)c2ccsc2C(=O)OC)CC1. The van der Waals surface area contributed by atoms with Gasteiger partial charge >= 0.3 is 5.97 Å². The Bertz CT molecular complexity index is 615. The number of hydrogen-bond acceptors (Lipinski definition) is 5. The second-order valence-corrected chi connectivity index (χ2v) is 7.59. The first-order chi connectivity index (χ1) is 12.6. The minimum absolute atomic E-state index is 0.202. The van der Waals surface area contributed by atoms with E-state index in [0.29, 0.717) is 10.9 Å². The van der Waals surface area contributed by atoms with E-state index in [2.05, 4.69) is 37.6 Å². The van der Waals surface area contributed by atoms with E-state index in [4.69, 9.17) is 9.47 Å². The molecule has 1 aliphatic rings. The smallest absolute Gasteiger partial charge is 0.350 e. The van der Waals surface area contributed by atoms with Gasteiger partial charge in [0.1, 0.15) is 4.88 Å². The van der Waals surface area contributed by atoms with E-state index in [0.717, 1.165) is 50.8 Å². The molecule has 0 bridgehead atoms. The molecule has 1 aromatic rings. The molecule has 1 saturated carbocycles. The van der Waals surface area contributed by atoms with Crippen LogP contribution in [0.1, 0.15) is 62.0 Å². The van der Waals surface area contributed by atoms with Crippen molar-refractivity contribution < 1.29 is 14.3 Å².